The molecule has 262 valence electrons. The minimum atomic E-state index is -0.278. The van der Waals surface area contributed by atoms with Gasteiger partial charge in [-0.2, -0.15) is 0 Å². The molecule has 2 aliphatic heterocycles. The van der Waals surface area contributed by atoms with E-state index in [2.05, 4.69) is 71.0 Å². The fraction of sp³-hybridized carbons (Fsp3) is 0.429. The summed E-state index contributed by atoms with van der Waals surface area (Å²) in [7, 11) is 0. The van der Waals surface area contributed by atoms with Gasteiger partial charge >= 0.3 is 0 Å². The number of hydrogen-bond acceptors (Lipinski definition) is 7. The summed E-state index contributed by atoms with van der Waals surface area (Å²) in [6, 6.07) is 24.2. The molecular formula is C42H52O7. The van der Waals surface area contributed by atoms with Crippen LogP contribution < -0.4 is 9.47 Å². The van der Waals surface area contributed by atoms with Crippen molar-refractivity contribution in [1.82, 2.24) is 0 Å². The summed E-state index contributed by atoms with van der Waals surface area (Å²) in [5, 5.41) is 28.8. The fourth-order valence-electron chi connectivity index (χ4n) is 6.15. The molecule has 4 aromatic rings. The van der Waals surface area contributed by atoms with Gasteiger partial charge in [0.15, 0.2) is 0 Å². The molecule has 0 aliphatic carbocycles. The summed E-state index contributed by atoms with van der Waals surface area (Å²) in [6.07, 6.45) is 2.03. The summed E-state index contributed by atoms with van der Waals surface area (Å²) in [5.41, 5.74) is 8.34. The summed E-state index contributed by atoms with van der Waals surface area (Å²) in [4.78, 5) is 0. The average Bonchev–Trinajstić information content (AvgIpc) is 4.01. The molecule has 2 unspecified atom stereocenters. The first-order chi connectivity index (χ1) is 23.3. The lowest BCUT2D eigenvalue weighted by Gasteiger charge is -2.32. The normalized spacial score (nSPS) is 16.8. The highest BCUT2D eigenvalue weighted by Crippen LogP contribution is 2.40. The molecule has 7 heteroatoms. The molecule has 49 heavy (non-hydrogen) atoms. The van der Waals surface area contributed by atoms with Gasteiger partial charge < -0.3 is 34.3 Å². The van der Waals surface area contributed by atoms with E-state index < -0.39 is 0 Å². The van der Waals surface area contributed by atoms with Crippen molar-refractivity contribution in [3.05, 3.63) is 117 Å². The van der Waals surface area contributed by atoms with Gasteiger partial charge in [-0.1, -0.05) is 69.3 Å². The Balaban J connectivity index is 0.000000196. The number of aryl methyl sites for hydroxylation is 4. The number of ether oxygens (including phenoxy) is 4. The first-order valence-corrected chi connectivity index (χ1v) is 17.2. The van der Waals surface area contributed by atoms with Gasteiger partial charge in [-0.15, -0.1) is 0 Å². The minimum Gasteiger partial charge on any atom is -0.508 e. The van der Waals surface area contributed by atoms with Crippen LogP contribution in [-0.2, 0) is 20.3 Å². The second-order valence-corrected chi connectivity index (χ2v) is 14.3. The first kappa shape index (κ1) is 36.2. The third-order valence-electron chi connectivity index (χ3n) is 9.95. The van der Waals surface area contributed by atoms with Crippen LogP contribution in [0.2, 0.25) is 0 Å². The quantitative estimate of drug-likeness (QED) is 0.124. The molecule has 0 radical (unpaired) electrons. The zero-order valence-corrected chi connectivity index (χ0v) is 30.0. The van der Waals surface area contributed by atoms with Gasteiger partial charge in [0.1, 0.15) is 48.4 Å². The molecule has 0 amide bonds. The SMILES string of the molecule is Cc1cc(C(C)(C)c2ccc(OCC3CO3)c(C)c2)ccc1OCC1CO1.Cc1cc(C(C)(CCCO)c2ccc(O)c(C)c2)ccc1O. The number of phenolic OH excluding ortho intramolecular Hbond substituents is 2. The number of hydrogen-bond donors (Lipinski definition) is 3. The van der Waals surface area contributed by atoms with Crippen LogP contribution in [0.5, 0.6) is 23.0 Å². The second kappa shape index (κ2) is 15.2. The summed E-state index contributed by atoms with van der Waals surface area (Å²) in [6.45, 7) is 17.7. The van der Waals surface area contributed by atoms with Crippen molar-refractivity contribution in [3.63, 3.8) is 0 Å². The summed E-state index contributed by atoms with van der Waals surface area (Å²) >= 11 is 0. The van der Waals surface area contributed by atoms with Crippen LogP contribution in [0.3, 0.4) is 0 Å². The molecule has 2 aliphatic rings. The van der Waals surface area contributed by atoms with E-state index in [1.165, 1.54) is 11.1 Å². The van der Waals surface area contributed by atoms with E-state index >= 15 is 0 Å². The number of phenols is 2. The van der Waals surface area contributed by atoms with Crippen molar-refractivity contribution in [2.45, 2.75) is 84.3 Å². The Morgan fingerprint density at radius 1 is 0.612 bits per heavy atom. The molecule has 0 saturated carbocycles. The van der Waals surface area contributed by atoms with E-state index in [9.17, 15) is 15.3 Å². The third-order valence-corrected chi connectivity index (χ3v) is 9.95. The number of rotatable bonds is 13. The lowest BCUT2D eigenvalue weighted by molar-refractivity contribution is 0.261. The van der Waals surface area contributed by atoms with Crippen molar-refractivity contribution >= 4 is 0 Å². The maximum atomic E-state index is 9.76. The molecular weight excluding hydrogens is 616 g/mol. The van der Waals surface area contributed by atoms with Gasteiger partial charge in [0.25, 0.3) is 0 Å². The molecule has 2 fully saturated rings. The maximum Gasteiger partial charge on any atom is 0.122 e. The van der Waals surface area contributed by atoms with Crippen molar-refractivity contribution in [2.24, 2.45) is 0 Å². The monoisotopic (exact) mass is 668 g/mol. The van der Waals surface area contributed by atoms with Crippen LogP contribution in [0.4, 0.5) is 0 Å². The van der Waals surface area contributed by atoms with Gasteiger partial charge in [-0.25, -0.2) is 0 Å². The van der Waals surface area contributed by atoms with E-state index in [1.807, 2.05) is 38.1 Å². The Hall–Kier alpha value is -4.04. The first-order valence-electron chi connectivity index (χ1n) is 17.2. The van der Waals surface area contributed by atoms with Crippen LogP contribution in [0.25, 0.3) is 0 Å². The molecule has 7 nitrogen and oxygen atoms in total. The van der Waals surface area contributed by atoms with Crippen LogP contribution in [0, 0.1) is 27.7 Å². The van der Waals surface area contributed by atoms with Crippen LogP contribution in [0.15, 0.2) is 72.8 Å². The lowest BCUT2D eigenvalue weighted by atomic mass is 9.72. The third kappa shape index (κ3) is 8.96. The predicted octanol–water partition coefficient (Wildman–Crippen LogP) is 7.98. The highest BCUT2D eigenvalue weighted by molar-refractivity contribution is 5.48. The number of epoxide rings is 2. The van der Waals surface area contributed by atoms with E-state index in [0.717, 1.165) is 64.5 Å². The zero-order chi connectivity index (χ0) is 35.3. The molecule has 0 aromatic heterocycles. The minimum absolute atomic E-state index is 0.105. The van der Waals surface area contributed by atoms with Gasteiger partial charge in [-0.3, -0.25) is 0 Å². The van der Waals surface area contributed by atoms with Crippen LogP contribution >= 0.6 is 0 Å². The van der Waals surface area contributed by atoms with Crippen LogP contribution in [-0.4, -0.2) is 60.6 Å². The van der Waals surface area contributed by atoms with Crippen LogP contribution in [0.1, 0.15) is 78.1 Å². The van der Waals surface area contributed by atoms with Crippen molar-refractivity contribution in [3.8, 4) is 23.0 Å². The molecule has 0 bridgehead atoms. The van der Waals surface area contributed by atoms with Gasteiger partial charge in [0.2, 0.25) is 0 Å². The average molecular weight is 669 g/mol. The molecule has 2 heterocycles. The van der Waals surface area contributed by atoms with E-state index in [1.54, 1.807) is 12.1 Å². The lowest BCUT2D eigenvalue weighted by Crippen LogP contribution is -2.24. The summed E-state index contributed by atoms with van der Waals surface area (Å²) in [5.74, 6) is 2.45. The fourth-order valence-corrected chi connectivity index (χ4v) is 6.15. The standard InChI is InChI=1S/C23H28O4.C19H24O3/c1-15-9-17(5-7-21(15)26-13-19-11-24-19)23(3,4)18-6-8-22(16(2)10-18)27-14-20-12-25-20;1-13-11-15(5-7-17(13)21)19(3,9-4-10-20)16-6-8-18(22)14(2)12-16/h5-10,19-20H,11-14H2,1-4H3;5-8,11-12,20-22H,4,9-10H2,1-3H3. The number of aliphatic hydroxyl groups excluding tert-OH is 1. The van der Waals surface area contributed by atoms with E-state index in [-0.39, 0.29) is 41.1 Å². The van der Waals surface area contributed by atoms with E-state index in [4.69, 9.17) is 18.9 Å². The topological polar surface area (TPSA) is 104 Å². The molecule has 2 atom stereocenters. The number of aromatic hydroxyl groups is 2. The van der Waals surface area contributed by atoms with Crippen molar-refractivity contribution in [2.75, 3.05) is 33.0 Å². The largest absolute Gasteiger partial charge is 0.508 e. The number of aliphatic hydroxyl groups is 1. The smallest absolute Gasteiger partial charge is 0.122 e. The number of benzene rings is 4. The zero-order valence-electron chi connectivity index (χ0n) is 30.0. The highest BCUT2D eigenvalue weighted by Gasteiger charge is 2.30. The second-order valence-electron chi connectivity index (χ2n) is 14.3. The van der Waals surface area contributed by atoms with Crippen molar-refractivity contribution < 1.29 is 34.3 Å². The molecule has 6 rings (SSSR count). The molecule has 2 saturated heterocycles. The predicted molar refractivity (Wildman–Crippen MR) is 193 cm³/mol. The molecule has 4 aromatic carbocycles. The Morgan fingerprint density at radius 2 is 1.00 bits per heavy atom. The Bertz CT molecular complexity index is 1620. The van der Waals surface area contributed by atoms with Gasteiger partial charge in [0, 0.05) is 17.4 Å². The maximum absolute atomic E-state index is 9.76. The van der Waals surface area contributed by atoms with E-state index in [0.29, 0.717) is 19.6 Å². The Morgan fingerprint density at radius 3 is 1.35 bits per heavy atom. The Labute approximate surface area is 291 Å². The van der Waals surface area contributed by atoms with Gasteiger partial charge in [0.05, 0.1) is 13.2 Å². The Kier molecular flexibility index (Phi) is 11.3. The van der Waals surface area contributed by atoms with Gasteiger partial charge in [-0.05, 0) is 109 Å². The molecule has 0 spiro atoms. The summed E-state index contributed by atoms with van der Waals surface area (Å²) < 4.78 is 22.2. The molecule has 3 N–H and O–H groups in total. The highest BCUT2D eigenvalue weighted by atomic mass is 16.6. The van der Waals surface area contributed by atoms with Crippen molar-refractivity contribution in [1.29, 1.82) is 0 Å².